The fourth-order valence-corrected chi connectivity index (χ4v) is 6.41. The van der Waals surface area contributed by atoms with E-state index in [-0.39, 0.29) is 6.61 Å². The molecule has 7 heteroatoms. The lowest BCUT2D eigenvalue weighted by Crippen LogP contribution is -2.04. The van der Waals surface area contributed by atoms with Crippen LogP contribution in [0, 0.1) is 0 Å². The largest absolute Gasteiger partial charge is 0.396 e. The van der Waals surface area contributed by atoms with Gasteiger partial charge in [-0.2, -0.15) is 15.0 Å². The molecule has 0 amide bonds. The molecule has 0 aliphatic carbocycles. The van der Waals surface area contributed by atoms with Crippen LogP contribution in [0.25, 0.3) is 0 Å². The standard InChI is InChI=1S/C33H56N4OS2/c1-4-7-10-12-14-18-23-39-32-35-31(36-33(37-32)40-24-19-15-13-11-8-5-2)34-30-26-28(20-9-6-3)25-29(27-30)21-16-17-22-38/h25-27,38H,4-24H2,1-3H3,(H,34,35,36,37). The van der Waals surface area contributed by atoms with Crippen molar-refractivity contribution in [2.75, 3.05) is 23.4 Å². The van der Waals surface area contributed by atoms with Crippen LogP contribution in [-0.4, -0.2) is 38.2 Å². The molecule has 5 nitrogen and oxygen atoms in total. The molecule has 0 saturated carbocycles. The first-order valence-electron chi connectivity index (χ1n) is 16.2. The average Bonchev–Trinajstić information content (AvgIpc) is 2.95. The second-order valence-electron chi connectivity index (χ2n) is 10.9. The molecule has 226 valence electrons. The van der Waals surface area contributed by atoms with Gasteiger partial charge in [-0.25, -0.2) is 0 Å². The normalized spacial score (nSPS) is 11.3. The number of thioether (sulfide) groups is 2. The smallest absolute Gasteiger partial charge is 0.232 e. The lowest BCUT2D eigenvalue weighted by molar-refractivity contribution is 0.284. The fourth-order valence-electron chi connectivity index (χ4n) is 4.69. The zero-order valence-corrected chi connectivity index (χ0v) is 27.3. The lowest BCUT2D eigenvalue weighted by Gasteiger charge is -2.12. The number of hydrogen-bond donors (Lipinski definition) is 2. The number of aryl methyl sites for hydroxylation is 2. The molecule has 1 aromatic heterocycles. The molecule has 0 aliphatic heterocycles. The van der Waals surface area contributed by atoms with Gasteiger partial charge in [-0.05, 0) is 68.2 Å². The van der Waals surface area contributed by atoms with Crippen molar-refractivity contribution in [3.63, 3.8) is 0 Å². The first-order valence-corrected chi connectivity index (χ1v) is 18.2. The Bertz CT molecular complexity index is 876. The van der Waals surface area contributed by atoms with Crippen LogP contribution < -0.4 is 5.32 Å². The summed E-state index contributed by atoms with van der Waals surface area (Å²) in [6, 6.07) is 6.80. The Hall–Kier alpha value is -1.31. The van der Waals surface area contributed by atoms with E-state index in [9.17, 15) is 5.11 Å². The highest BCUT2D eigenvalue weighted by Crippen LogP contribution is 2.26. The number of nitrogens with one attached hydrogen (secondary N) is 1. The van der Waals surface area contributed by atoms with E-state index in [4.69, 9.17) is 15.0 Å². The topological polar surface area (TPSA) is 70.9 Å². The highest BCUT2D eigenvalue weighted by molar-refractivity contribution is 7.99. The summed E-state index contributed by atoms with van der Waals surface area (Å²) < 4.78 is 0. The van der Waals surface area contributed by atoms with E-state index in [0.717, 1.165) is 53.2 Å². The molecule has 0 unspecified atom stereocenters. The van der Waals surface area contributed by atoms with Crippen molar-refractivity contribution < 1.29 is 5.11 Å². The minimum Gasteiger partial charge on any atom is -0.396 e. The molecule has 0 bridgehead atoms. The van der Waals surface area contributed by atoms with Crippen LogP contribution in [0.15, 0.2) is 28.5 Å². The highest BCUT2D eigenvalue weighted by Gasteiger charge is 2.10. The van der Waals surface area contributed by atoms with E-state index >= 15 is 0 Å². The number of aliphatic hydroxyl groups is 1. The summed E-state index contributed by atoms with van der Waals surface area (Å²) in [4.78, 5) is 14.5. The zero-order chi connectivity index (χ0) is 28.7. The molecule has 0 saturated heterocycles. The summed E-state index contributed by atoms with van der Waals surface area (Å²) in [5, 5.41) is 14.4. The van der Waals surface area contributed by atoms with Crippen molar-refractivity contribution in [2.45, 2.75) is 147 Å². The van der Waals surface area contributed by atoms with E-state index in [1.165, 1.54) is 101 Å². The van der Waals surface area contributed by atoms with Gasteiger partial charge in [0.05, 0.1) is 0 Å². The number of aliphatic hydroxyl groups excluding tert-OH is 1. The maximum atomic E-state index is 9.23. The molecule has 1 aromatic carbocycles. The van der Waals surface area contributed by atoms with Crippen molar-refractivity contribution >= 4 is 35.2 Å². The lowest BCUT2D eigenvalue weighted by atomic mass is 10.0. The van der Waals surface area contributed by atoms with Gasteiger partial charge in [0.15, 0.2) is 10.3 Å². The van der Waals surface area contributed by atoms with Gasteiger partial charge in [0.2, 0.25) is 5.95 Å². The number of benzene rings is 1. The Morgan fingerprint density at radius 3 is 1.60 bits per heavy atom. The second-order valence-corrected chi connectivity index (χ2v) is 13.0. The Balaban J connectivity index is 2.09. The Labute approximate surface area is 253 Å². The molecular formula is C33H56N4OS2. The van der Waals surface area contributed by atoms with Crippen LogP contribution in [0.2, 0.25) is 0 Å². The summed E-state index contributed by atoms with van der Waals surface area (Å²) in [5.74, 6) is 2.76. The van der Waals surface area contributed by atoms with Gasteiger partial charge in [0.1, 0.15) is 0 Å². The summed E-state index contributed by atoms with van der Waals surface area (Å²) >= 11 is 3.54. The highest BCUT2D eigenvalue weighted by atomic mass is 32.2. The number of aromatic nitrogens is 3. The summed E-state index contributed by atoms with van der Waals surface area (Å²) in [6.45, 7) is 7.03. The van der Waals surface area contributed by atoms with E-state index < -0.39 is 0 Å². The predicted octanol–water partition coefficient (Wildman–Crippen LogP) is 10.2. The number of anilines is 2. The minimum absolute atomic E-state index is 0.254. The molecule has 0 aliphatic rings. The number of unbranched alkanes of at least 4 members (excludes halogenated alkanes) is 12. The van der Waals surface area contributed by atoms with Gasteiger partial charge >= 0.3 is 0 Å². The van der Waals surface area contributed by atoms with Crippen molar-refractivity contribution in [1.82, 2.24) is 15.0 Å². The second kappa shape index (κ2) is 23.3. The minimum atomic E-state index is 0.254. The molecule has 2 N–H and O–H groups in total. The quantitative estimate of drug-likeness (QED) is 0.0883. The summed E-state index contributed by atoms with van der Waals surface area (Å²) in [5.41, 5.74) is 3.72. The molecule has 1 heterocycles. The summed E-state index contributed by atoms with van der Waals surface area (Å²) in [7, 11) is 0. The van der Waals surface area contributed by atoms with Gasteiger partial charge in [0, 0.05) is 23.8 Å². The summed E-state index contributed by atoms with van der Waals surface area (Å²) in [6.07, 6.45) is 21.9. The third-order valence-electron chi connectivity index (χ3n) is 7.05. The molecule has 0 atom stereocenters. The third-order valence-corrected chi connectivity index (χ3v) is 8.92. The molecule has 2 rings (SSSR count). The maximum Gasteiger partial charge on any atom is 0.232 e. The Morgan fingerprint density at radius 2 is 1.07 bits per heavy atom. The van der Waals surface area contributed by atoms with Gasteiger partial charge < -0.3 is 10.4 Å². The van der Waals surface area contributed by atoms with Crippen molar-refractivity contribution in [3.8, 4) is 0 Å². The van der Waals surface area contributed by atoms with Crippen LogP contribution in [0.4, 0.5) is 11.6 Å². The van der Waals surface area contributed by atoms with Crippen LogP contribution in [0.1, 0.15) is 135 Å². The number of nitrogens with zero attached hydrogens (tertiary/aromatic N) is 3. The molecule has 2 aromatic rings. The fraction of sp³-hybridized carbons (Fsp3) is 0.727. The zero-order valence-electron chi connectivity index (χ0n) is 25.7. The van der Waals surface area contributed by atoms with Crippen LogP contribution >= 0.6 is 23.5 Å². The SMILES string of the molecule is CCCCCCCCSc1nc(Nc2cc(CCCC)cc(CCCCO)c2)nc(SCCCCCCCC)n1. The number of hydrogen-bond acceptors (Lipinski definition) is 7. The maximum absolute atomic E-state index is 9.23. The van der Waals surface area contributed by atoms with Gasteiger partial charge in [-0.1, -0.05) is 121 Å². The van der Waals surface area contributed by atoms with Crippen molar-refractivity contribution in [2.24, 2.45) is 0 Å². The van der Waals surface area contributed by atoms with E-state index in [1.807, 2.05) is 0 Å². The van der Waals surface area contributed by atoms with Crippen molar-refractivity contribution in [3.05, 3.63) is 29.3 Å². The van der Waals surface area contributed by atoms with Crippen LogP contribution in [0.5, 0.6) is 0 Å². The Morgan fingerprint density at radius 1 is 0.575 bits per heavy atom. The predicted molar refractivity (Wildman–Crippen MR) is 176 cm³/mol. The molecule has 0 spiro atoms. The van der Waals surface area contributed by atoms with Gasteiger partial charge in [-0.3, -0.25) is 0 Å². The van der Waals surface area contributed by atoms with E-state index in [1.54, 1.807) is 23.5 Å². The molecular weight excluding hydrogens is 533 g/mol. The average molecular weight is 589 g/mol. The molecule has 40 heavy (non-hydrogen) atoms. The van der Waals surface area contributed by atoms with Crippen molar-refractivity contribution in [1.29, 1.82) is 0 Å². The first-order chi connectivity index (χ1) is 19.7. The van der Waals surface area contributed by atoms with Crippen LogP contribution in [0.3, 0.4) is 0 Å². The van der Waals surface area contributed by atoms with E-state index in [0.29, 0.717) is 5.95 Å². The third kappa shape index (κ3) is 16.2. The van der Waals surface area contributed by atoms with Crippen LogP contribution in [-0.2, 0) is 12.8 Å². The number of rotatable bonds is 25. The van der Waals surface area contributed by atoms with E-state index in [2.05, 4.69) is 44.3 Å². The monoisotopic (exact) mass is 588 g/mol. The Kier molecular flexibility index (Phi) is 20.3. The van der Waals surface area contributed by atoms with Gasteiger partial charge in [0.25, 0.3) is 0 Å². The van der Waals surface area contributed by atoms with Gasteiger partial charge in [-0.15, -0.1) is 0 Å². The molecule has 0 radical (unpaired) electrons. The first kappa shape index (κ1) is 34.9. The molecule has 0 fully saturated rings.